The minimum Gasteiger partial charge on any atom is -0.489 e. The average Bonchev–Trinajstić information content (AvgIpc) is 4.16. The summed E-state index contributed by atoms with van der Waals surface area (Å²) < 4.78 is 23.0. The van der Waals surface area contributed by atoms with Crippen molar-refractivity contribution in [2.75, 3.05) is 31.8 Å². The van der Waals surface area contributed by atoms with Gasteiger partial charge >= 0.3 is 17.9 Å². The van der Waals surface area contributed by atoms with E-state index >= 15 is 0 Å². The van der Waals surface area contributed by atoms with Crippen LogP contribution in [0.5, 0.6) is 11.5 Å². The molecule has 10 rings (SSSR count). The van der Waals surface area contributed by atoms with E-state index in [0.717, 1.165) is 23.8 Å². The van der Waals surface area contributed by atoms with Gasteiger partial charge in [-0.05, 0) is 84.6 Å². The van der Waals surface area contributed by atoms with E-state index in [1.54, 1.807) is 54.6 Å². The standard InChI is InChI=1S/C52H43N7O15S2/c1-27(60)72-26-73-36-9-12-39-30(22-36)18-29-21-35(71-25-41-44(48(64)65)57-46(63)43(47(57)76-51(41)13-14-51)56-42(61)17-28-5-3-2-4-6-28)8-11-38(29)52(39)40-10-7-32(23-37(40)49(66)74-52)55-50(75)54-16-15-53-45(62)31-19-33(58(67)68)24-34(20-31)59(69)70/h2-12,19-24,43,47H,13-18,25-26H2,1H3,(H,53,62)(H,56,61)(H,64,65)(H2,54,55,75)/t43?,47-,52?/m1/s1. The number of carbonyl (C=O) groups is 6. The third-order valence-corrected chi connectivity index (χ3v) is 15.5. The molecular formula is C52H43N7O15S2. The van der Waals surface area contributed by atoms with Crippen molar-refractivity contribution < 1.29 is 62.7 Å². The molecule has 388 valence electrons. The number of β-lactam (4-membered cyclic amide) rings is 1. The first-order valence-electron chi connectivity index (χ1n) is 23.6. The predicted molar refractivity (Wildman–Crippen MR) is 273 cm³/mol. The fourth-order valence-electron chi connectivity index (χ4n) is 9.89. The first-order chi connectivity index (χ1) is 36.4. The Morgan fingerprint density at radius 1 is 0.842 bits per heavy atom. The average molecular weight is 1070 g/mol. The lowest BCUT2D eigenvalue weighted by atomic mass is 9.71. The zero-order chi connectivity index (χ0) is 53.6. The number of ether oxygens (including phenoxy) is 4. The number of nitrogens with zero attached hydrogens (tertiary/aromatic N) is 3. The molecule has 76 heavy (non-hydrogen) atoms. The Morgan fingerprint density at radius 3 is 2.12 bits per heavy atom. The molecule has 5 N–H and O–H groups in total. The highest BCUT2D eigenvalue weighted by Crippen LogP contribution is 2.62. The fourth-order valence-corrected chi connectivity index (χ4v) is 11.8. The number of carboxylic acid groups (broad SMARTS) is 1. The fraction of sp³-hybridized carbons (Fsp3) is 0.250. The second-order valence-electron chi connectivity index (χ2n) is 18.3. The number of nitro groups is 2. The normalized spacial score (nSPS) is 18.9. The molecule has 3 heterocycles. The Labute approximate surface area is 440 Å². The molecule has 24 heteroatoms. The van der Waals surface area contributed by atoms with E-state index in [1.807, 2.05) is 30.3 Å². The zero-order valence-electron chi connectivity index (χ0n) is 39.9. The van der Waals surface area contributed by atoms with Gasteiger partial charge in [-0.1, -0.05) is 48.5 Å². The number of fused-ring (bicyclic) bond motifs is 7. The summed E-state index contributed by atoms with van der Waals surface area (Å²) in [6.07, 6.45) is 1.67. The minimum absolute atomic E-state index is 0.0298. The number of hydrogen-bond donors (Lipinski definition) is 5. The summed E-state index contributed by atoms with van der Waals surface area (Å²) in [6.45, 7) is 0.797. The summed E-state index contributed by atoms with van der Waals surface area (Å²) in [5.41, 5.74) is 1.89. The number of non-ortho nitro benzene ring substituents is 2. The monoisotopic (exact) mass is 1070 g/mol. The van der Waals surface area contributed by atoms with Crippen molar-refractivity contribution in [3.05, 3.63) is 179 Å². The smallest absolute Gasteiger partial charge is 0.352 e. The van der Waals surface area contributed by atoms with Crippen LogP contribution >= 0.6 is 24.0 Å². The van der Waals surface area contributed by atoms with E-state index in [2.05, 4.69) is 21.3 Å². The first kappa shape index (κ1) is 50.6. The highest BCUT2D eigenvalue weighted by Gasteiger charge is 2.64. The van der Waals surface area contributed by atoms with Crippen LogP contribution in [0, 0.1) is 20.2 Å². The molecule has 5 aliphatic rings. The van der Waals surface area contributed by atoms with Crippen molar-refractivity contribution in [2.24, 2.45) is 0 Å². The SMILES string of the molecule is CC(=O)OCOc1ccc2c(c1)Cc1cc(OCC3=C(C(=O)O)N4C(=O)C(NC(=O)Cc5ccccc5)[C@H]4SC34CC4)ccc1C21OC(=O)c2cc(NC(=S)NCCNC(=O)c3cc([N+](=O)[O-])cc([N+](=O)[O-])c3)ccc21. The Bertz CT molecular complexity index is 3350. The summed E-state index contributed by atoms with van der Waals surface area (Å²) in [6, 6.07) is 26.3. The van der Waals surface area contributed by atoms with E-state index in [1.165, 1.54) is 23.6 Å². The van der Waals surface area contributed by atoms with Gasteiger partial charge in [-0.2, -0.15) is 0 Å². The number of nitro benzene ring substituents is 2. The van der Waals surface area contributed by atoms with Crippen LogP contribution in [0.2, 0.25) is 0 Å². The lowest BCUT2D eigenvalue weighted by Crippen LogP contribution is -2.71. The molecule has 3 atom stereocenters. The molecule has 2 fully saturated rings. The molecule has 5 aromatic rings. The van der Waals surface area contributed by atoms with E-state index < -0.39 is 72.7 Å². The molecule has 0 bridgehead atoms. The van der Waals surface area contributed by atoms with Gasteiger partial charge in [0.15, 0.2) is 10.7 Å². The van der Waals surface area contributed by atoms with Crippen molar-refractivity contribution in [3.8, 4) is 11.5 Å². The molecular weight excluding hydrogens is 1030 g/mol. The number of carbonyl (C=O) groups excluding carboxylic acids is 5. The maximum Gasteiger partial charge on any atom is 0.352 e. The van der Waals surface area contributed by atoms with Crippen molar-refractivity contribution in [1.82, 2.24) is 20.9 Å². The van der Waals surface area contributed by atoms with Gasteiger partial charge < -0.3 is 45.3 Å². The molecule has 0 radical (unpaired) electrons. The van der Waals surface area contributed by atoms with Gasteiger partial charge in [-0.15, -0.1) is 11.8 Å². The Kier molecular flexibility index (Phi) is 13.4. The Morgan fingerprint density at radius 2 is 1.49 bits per heavy atom. The molecule has 2 aliphatic carbocycles. The summed E-state index contributed by atoms with van der Waals surface area (Å²) in [5.74, 6) is -3.37. The second-order valence-corrected chi connectivity index (χ2v) is 20.2. The van der Waals surface area contributed by atoms with Gasteiger partial charge in [-0.3, -0.25) is 44.3 Å². The van der Waals surface area contributed by atoms with Crippen LogP contribution < -0.4 is 30.7 Å². The number of hydrogen-bond acceptors (Lipinski definition) is 16. The molecule has 3 aliphatic heterocycles. The third kappa shape index (κ3) is 9.58. The summed E-state index contributed by atoms with van der Waals surface area (Å²) >= 11 is 6.94. The summed E-state index contributed by atoms with van der Waals surface area (Å²) in [5, 5.41) is 44.0. The number of carboxylic acids is 1. The van der Waals surface area contributed by atoms with Crippen LogP contribution in [0.1, 0.15) is 73.9 Å². The molecule has 1 saturated heterocycles. The lowest BCUT2D eigenvalue weighted by Gasteiger charge is -2.51. The van der Waals surface area contributed by atoms with Gasteiger partial charge in [0.25, 0.3) is 23.2 Å². The van der Waals surface area contributed by atoms with Crippen LogP contribution in [-0.4, -0.2) is 103 Å². The zero-order valence-corrected chi connectivity index (χ0v) is 41.6. The van der Waals surface area contributed by atoms with Crippen LogP contribution in [0.3, 0.4) is 0 Å². The topological polar surface area (TPSA) is 297 Å². The van der Waals surface area contributed by atoms with Crippen molar-refractivity contribution in [2.45, 2.75) is 54.4 Å². The van der Waals surface area contributed by atoms with E-state index in [9.17, 15) is 54.1 Å². The van der Waals surface area contributed by atoms with Crippen molar-refractivity contribution in [3.63, 3.8) is 0 Å². The van der Waals surface area contributed by atoms with Gasteiger partial charge in [0.2, 0.25) is 12.7 Å². The number of nitrogens with one attached hydrogen (secondary N) is 4. The van der Waals surface area contributed by atoms with E-state index in [0.29, 0.717) is 69.8 Å². The van der Waals surface area contributed by atoms with Crippen molar-refractivity contribution >= 4 is 81.8 Å². The van der Waals surface area contributed by atoms with Crippen LogP contribution in [0.25, 0.3) is 0 Å². The highest BCUT2D eigenvalue weighted by molar-refractivity contribution is 8.02. The molecule has 2 unspecified atom stereocenters. The van der Waals surface area contributed by atoms with Gasteiger partial charge in [0.1, 0.15) is 35.2 Å². The van der Waals surface area contributed by atoms with Crippen LogP contribution in [-0.2, 0) is 47.1 Å². The molecule has 22 nitrogen and oxygen atoms in total. The second kappa shape index (κ2) is 20.1. The van der Waals surface area contributed by atoms with Gasteiger partial charge in [0.05, 0.1) is 33.5 Å². The van der Waals surface area contributed by atoms with Crippen LogP contribution in [0.4, 0.5) is 17.1 Å². The number of rotatable bonds is 17. The first-order valence-corrected chi connectivity index (χ1v) is 24.8. The predicted octanol–water partition coefficient (Wildman–Crippen LogP) is 5.38. The number of thioether (sulfide) groups is 1. The molecule has 0 aromatic heterocycles. The number of aliphatic carboxylic acids is 1. The number of anilines is 1. The number of benzene rings is 5. The highest BCUT2D eigenvalue weighted by atomic mass is 32.2. The summed E-state index contributed by atoms with van der Waals surface area (Å²) in [7, 11) is 0. The largest absolute Gasteiger partial charge is 0.489 e. The van der Waals surface area contributed by atoms with Gasteiger partial charge in [-0.25, -0.2) is 9.59 Å². The molecule has 1 saturated carbocycles. The number of amides is 3. The quantitative estimate of drug-likeness (QED) is 0.0149. The van der Waals surface area contributed by atoms with Gasteiger partial charge in [0, 0.05) is 64.8 Å². The Hall–Kier alpha value is -8.90. The molecule has 5 aromatic carbocycles. The minimum atomic E-state index is -1.48. The lowest BCUT2D eigenvalue weighted by molar-refractivity contribution is -0.394. The molecule has 2 spiro atoms. The van der Waals surface area contributed by atoms with E-state index in [-0.39, 0.29) is 60.8 Å². The number of esters is 2. The van der Waals surface area contributed by atoms with E-state index in [4.69, 9.17) is 31.2 Å². The third-order valence-electron chi connectivity index (χ3n) is 13.5. The number of thiocarbonyl (C=S) groups is 1. The van der Waals surface area contributed by atoms with Crippen molar-refractivity contribution in [1.29, 1.82) is 0 Å². The van der Waals surface area contributed by atoms with Crippen LogP contribution in [0.15, 0.2) is 114 Å². The maximum atomic E-state index is 14.1. The summed E-state index contributed by atoms with van der Waals surface area (Å²) in [4.78, 5) is 100. The molecule has 3 amide bonds. The Balaban J connectivity index is 0.871. The maximum absolute atomic E-state index is 14.1.